The van der Waals surface area contributed by atoms with E-state index < -0.39 is 22.6 Å². The van der Waals surface area contributed by atoms with Crippen LogP contribution in [0.1, 0.15) is 11.1 Å². The molecule has 2 aromatic carbocycles. The SMILES string of the molecule is CN(Cc1ccc(OC(F)F)cc1)S(=O)(=O)N(C)Cc1c(F)cccc1Cl. The van der Waals surface area contributed by atoms with E-state index in [9.17, 15) is 21.6 Å². The van der Waals surface area contributed by atoms with Crippen LogP contribution in [0.2, 0.25) is 5.02 Å². The van der Waals surface area contributed by atoms with E-state index in [1.54, 1.807) is 0 Å². The maximum Gasteiger partial charge on any atom is 0.387 e. The van der Waals surface area contributed by atoms with E-state index in [0.717, 1.165) is 8.61 Å². The van der Waals surface area contributed by atoms with Crippen LogP contribution in [0.5, 0.6) is 5.75 Å². The summed E-state index contributed by atoms with van der Waals surface area (Å²) in [5.41, 5.74) is 0.646. The molecule has 5 nitrogen and oxygen atoms in total. The number of hydrogen-bond donors (Lipinski definition) is 0. The number of benzene rings is 2. The molecule has 0 spiro atoms. The molecular weight excluding hydrogens is 405 g/mol. The van der Waals surface area contributed by atoms with E-state index in [1.807, 2.05) is 0 Å². The Balaban J connectivity index is 2.08. The van der Waals surface area contributed by atoms with Crippen molar-refractivity contribution in [2.45, 2.75) is 19.7 Å². The molecule has 0 aliphatic carbocycles. The summed E-state index contributed by atoms with van der Waals surface area (Å²) in [4.78, 5) is 0. The van der Waals surface area contributed by atoms with Gasteiger partial charge in [-0.2, -0.15) is 25.8 Å². The molecule has 2 aromatic rings. The first-order valence-corrected chi connectivity index (χ1v) is 9.53. The highest BCUT2D eigenvalue weighted by Gasteiger charge is 2.25. The molecule has 0 N–H and O–H groups in total. The van der Waals surface area contributed by atoms with Crippen LogP contribution in [0.25, 0.3) is 0 Å². The molecule has 0 aliphatic heterocycles. The topological polar surface area (TPSA) is 49.9 Å². The second kappa shape index (κ2) is 8.92. The summed E-state index contributed by atoms with van der Waals surface area (Å²) < 4.78 is 69.8. The second-order valence-corrected chi connectivity index (χ2v) is 8.29. The van der Waals surface area contributed by atoms with Gasteiger partial charge in [-0.25, -0.2) is 4.39 Å². The van der Waals surface area contributed by atoms with Crippen molar-refractivity contribution in [1.29, 1.82) is 0 Å². The fourth-order valence-electron chi connectivity index (χ4n) is 2.34. The minimum absolute atomic E-state index is 0.00731. The van der Waals surface area contributed by atoms with Gasteiger partial charge in [-0.1, -0.05) is 29.8 Å². The quantitative estimate of drug-likeness (QED) is 0.648. The average molecular weight is 423 g/mol. The third-order valence-electron chi connectivity index (χ3n) is 3.78. The van der Waals surface area contributed by atoms with Gasteiger partial charge < -0.3 is 4.74 Å². The fraction of sp³-hybridized carbons (Fsp3) is 0.294. The molecule has 0 heterocycles. The standard InChI is InChI=1S/C17H18ClF3N2O3S/c1-22(10-12-6-8-13(9-7-12)26-17(20)21)27(24,25)23(2)11-14-15(18)4-3-5-16(14)19/h3-9,17H,10-11H2,1-2H3. The molecule has 10 heteroatoms. The lowest BCUT2D eigenvalue weighted by Crippen LogP contribution is -2.39. The van der Waals surface area contributed by atoms with Gasteiger partial charge in [0, 0.05) is 37.8 Å². The Morgan fingerprint density at radius 2 is 1.63 bits per heavy atom. The van der Waals surface area contributed by atoms with Gasteiger partial charge in [0.15, 0.2) is 0 Å². The molecule has 0 radical (unpaired) electrons. The van der Waals surface area contributed by atoms with Crippen LogP contribution in [0, 0.1) is 5.82 Å². The Labute approximate surface area is 161 Å². The van der Waals surface area contributed by atoms with Crippen molar-refractivity contribution >= 4 is 21.8 Å². The molecular formula is C17H18ClF3N2O3S. The van der Waals surface area contributed by atoms with Crippen molar-refractivity contribution < 1.29 is 26.3 Å². The third-order valence-corrected chi connectivity index (χ3v) is 5.97. The summed E-state index contributed by atoms with van der Waals surface area (Å²) >= 11 is 5.94. The summed E-state index contributed by atoms with van der Waals surface area (Å²) in [7, 11) is -1.23. The Hall–Kier alpha value is -1.81. The van der Waals surface area contributed by atoms with Gasteiger partial charge in [0.2, 0.25) is 0 Å². The summed E-state index contributed by atoms with van der Waals surface area (Å²) in [6, 6.07) is 9.73. The first-order chi connectivity index (χ1) is 12.6. The summed E-state index contributed by atoms with van der Waals surface area (Å²) in [5, 5.41) is 0.134. The van der Waals surface area contributed by atoms with E-state index in [-0.39, 0.29) is 29.4 Å². The predicted molar refractivity (Wildman–Crippen MR) is 96.3 cm³/mol. The van der Waals surface area contributed by atoms with Crippen LogP contribution in [-0.2, 0) is 23.3 Å². The van der Waals surface area contributed by atoms with E-state index in [0.29, 0.717) is 5.56 Å². The van der Waals surface area contributed by atoms with E-state index in [4.69, 9.17) is 11.6 Å². The van der Waals surface area contributed by atoms with E-state index in [1.165, 1.54) is 56.6 Å². The predicted octanol–water partition coefficient (Wildman–Crippen LogP) is 3.89. The van der Waals surface area contributed by atoms with Crippen molar-refractivity contribution in [2.75, 3.05) is 14.1 Å². The lowest BCUT2D eigenvalue weighted by atomic mass is 10.2. The van der Waals surface area contributed by atoms with Crippen molar-refractivity contribution in [3.05, 3.63) is 64.4 Å². The number of ether oxygens (including phenoxy) is 1. The third kappa shape index (κ3) is 5.58. The molecule has 2 rings (SSSR count). The highest BCUT2D eigenvalue weighted by Crippen LogP contribution is 2.23. The Kier molecular flexibility index (Phi) is 7.10. The zero-order valence-electron chi connectivity index (χ0n) is 14.6. The minimum Gasteiger partial charge on any atom is -0.435 e. The monoisotopic (exact) mass is 422 g/mol. The van der Waals surface area contributed by atoms with Crippen LogP contribution in [-0.4, -0.2) is 37.7 Å². The summed E-state index contributed by atoms with van der Waals surface area (Å²) in [5.74, 6) is -0.618. The number of halogens is 4. The molecule has 0 aliphatic rings. The van der Waals surface area contributed by atoms with Crippen LogP contribution in [0.4, 0.5) is 13.2 Å². The van der Waals surface area contributed by atoms with Crippen molar-refractivity contribution in [3.63, 3.8) is 0 Å². The normalized spacial score (nSPS) is 12.2. The zero-order chi connectivity index (χ0) is 20.2. The number of rotatable bonds is 8. The molecule has 0 unspecified atom stereocenters. The van der Waals surface area contributed by atoms with Gasteiger partial charge in [0.25, 0.3) is 10.2 Å². The van der Waals surface area contributed by atoms with Crippen molar-refractivity contribution in [2.24, 2.45) is 0 Å². The number of hydrogen-bond acceptors (Lipinski definition) is 3. The molecule has 0 fully saturated rings. The summed E-state index contributed by atoms with van der Waals surface area (Å²) in [6.45, 7) is -3.18. The average Bonchev–Trinajstić information content (AvgIpc) is 2.59. The van der Waals surface area contributed by atoms with Crippen molar-refractivity contribution in [3.8, 4) is 5.75 Å². The van der Waals surface area contributed by atoms with Gasteiger partial charge >= 0.3 is 6.61 Å². The molecule has 148 valence electrons. The van der Waals surface area contributed by atoms with Gasteiger partial charge in [0.1, 0.15) is 11.6 Å². The first kappa shape index (κ1) is 21.5. The van der Waals surface area contributed by atoms with E-state index >= 15 is 0 Å². The molecule has 0 aromatic heterocycles. The molecule has 0 saturated heterocycles. The maximum atomic E-state index is 13.9. The highest BCUT2D eigenvalue weighted by atomic mass is 35.5. The van der Waals surface area contributed by atoms with Gasteiger partial charge in [-0.05, 0) is 29.8 Å². The zero-order valence-corrected chi connectivity index (χ0v) is 16.1. The smallest absolute Gasteiger partial charge is 0.387 e. The lowest BCUT2D eigenvalue weighted by Gasteiger charge is -2.25. The first-order valence-electron chi connectivity index (χ1n) is 7.75. The maximum absolute atomic E-state index is 13.9. The van der Waals surface area contributed by atoms with Crippen LogP contribution >= 0.6 is 11.6 Å². The fourth-order valence-corrected chi connectivity index (χ4v) is 3.64. The Morgan fingerprint density at radius 1 is 1.04 bits per heavy atom. The van der Waals surface area contributed by atoms with Gasteiger partial charge in [0.05, 0.1) is 0 Å². The molecule has 0 atom stereocenters. The Morgan fingerprint density at radius 3 is 2.19 bits per heavy atom. The second-order valence-electron chi connectivity index (χ2n) is 5.74. The van der Waals surface area contributed by atoms with Crippen molar-refractivity contribution in [1.82, 2.24) is 8.61 Å². The molecule has 0 amide bonds. The molecule has 27 heavy (non-hydrogen) atoms. The highest BCUT2D eigenvalue weighted by molar-refractivity contribution is 7.86. The van der Waals surface area contributed by atoms with Crippen LogP contribution in [0.15, 0.2) is 42.5 Å². The van der Waals surface area contributed by atoms with Gasteiger partial charge in [-0.15, -0.1) is 0 Å². The molecule has 0 bridgehead atoms. The lowest BCUT2D eigenvalue weighted by molar-refractivity contribution is -0.0498. The van der Waals surface area contributed by atoms with Gasteiger partial charge in [-0.3, -0.25) is 0 Å². The Bertz CT molecular complexity index is 859. The van der Waals surface area contributed by atoms with Crippen LogP contribution < -0.4 is 4.74 Å². The summed E-state index contributed by atoms with van der Waals surface area (Å²) in [6.07, 6.45) is 0. The van der Waals surface area contributed by atoms with E-state index in [2.05, 4.69) is 4.74 Å². The largest absolute Gasteiger partial charge is 0.435 e. The number of nitrogens with zero attached hydrogens (tertiary/aromatic N) is 2. The minimum atomic E-state index is -3.91. The van der Waals surface area contributed by atoms with Crippen LogP contribution in [0.3, 0.4) is 0 Å². The molecule has 0 saturated carbocycles. The number of alkyl halides is 2.